The van der Waals surface area contributed by atoms with Gasteiger partial charge in [0.15, 0.2) is 5.03 Å². The number of halogens is 2. The highest BCUT2D eigenvalue weighted by atomic mass is 32.2. The predicted molar refractivity (Wildman–Crippen MR) is 98.4 cm³/mol. The molecule has 0 amide bonds. The molecule has 0 bridgehead atoms. The first kappa shape index (κ1) is 18.9. The van der Waals surface area contributed by atoms with E-state index in [0.717, 1.165) is 5.56 Å². The Labute approximate surface area is 156 Å². The minimum absolute atomic E-state index is 0.0253. The third-order valence-corrected chi connectivity index (χ3v) is 5.07. The Morgan fingerprint density at radius 1 is 0.778 bits per heavy atom. The molecule has 0 aliphatic rings. The molecule has 1 heterocycles. The Bertz CT molecular complexity index is 1010. The maximum atomic E-state index is 12.9. The van der Waals surface area contributed by atoms with Crippen LogP contribution in [-0.4, -0.2) is 13.4 Å². The molecule has 2 aromatic carbocycles. The fourth-order valence-corrected chi connectivity index (χ4v) is 3.29. The van der Waals surface area contributed by atoms with Crippen LogP contribution in [-0.2, 0) is 23.1 Å². The summed E-state index contributed by atoms with van der Waals surface area (Å²) in [5, 5.41) is 2.87. The third kappa shape index (κ3) is 5.32. The first-order chi connectivity index (χ1) is 12.9. The van der Waals surface area contributed by atoms with Gasteiger partial charge in [-0.2, -0.15) is 0 Å². The zero-order valence-electron chi connectivity index (χ0n) is 14.2. The summed E-state index contributed by atoms with van der Waals surface area (Å²) in [6.45, 7) is 0.400. The number of benzene rings is 2. The quantitative estimate of drug-likeness (QED) is 0.649. The van der Waals surface area contributed by atoms with E-state index < -0.39 is 10.0 Å². The predicted octanol–water partition coefficient (Wildman–Crippen LogP) is 3.45. The van der Waals surface area contributed by atoms with E-state index in [0.29, 0.717) is 17.9 Å². The summed E-state index contributed by atoms with van der Waals surface area (Å²) in [7, 11) is -3.82. The van der Waals surface area contributed by atoms with Crippen LogP contribution >= 0.6 is 0 Å². The van der Waals surface area contributed by atoms with Gasteiger partial charge in [-0.15, -0.1) is 0 Å². The van der Waals surface area contributed by atoms with Gasteiger partial charge in [0.1, 0.15) is 17.5 Å². The van der Waals surface area contributed by atoms with E-state index in [1.165, 1.54) is 42.5 Å². The molecule has 0 saturated heterocycles. The molecule has 8 heteroatoms. The first-order valence-electron chi connectivity index (χ1n) is 8.12. The van der Waals surface area contributed by atoms with Crippen molar-refractivity contribution in [2.45, 2.75) is 18.1 Å². The number of nitrogens with zero attached hydrogens (tertiary/aromatic N) is 1. The van der Waals surface area contributed by atoms with Gasteiger partial charge in [0.25, 0.3) is 10.0 Å². The Kier molecular flexibility index (Phi) is 5.78. The Morgan fingerprint density at radius 3 is 1.93 bits per heavy atom. The monoisotopic (exact) mass is 389 g/mol. The summed E-state index contributed by atoms with van der Waals surface area (Å²) in [4.78, 5) is 4.11. The fraction of sp³-hybridized carbons (Fsp3) is 0.105. The topological polar surface area (TPSA) is 71.1 Å². The minimum atomic E-state index is -3.82. The summed E-state index contributed by atoms with van der Waals surface area (Å²) in [5.74, 6) is -0.329. The second kappa shape index (κ2) is 8.24. The summed E-state index contributed by atoms with van der Waals surface area (Å²) in [5.41, 5.74) is 1.46. The van der Waals surface area contributed by atoms with E-state index in [9.17, 15) is 17.2 Å². The van der Waals surface area contributed by atoms with Gasteiger partial charge in [0.2, 0.25) is 0 Å². The SMILES string of the molecule is O=S(=O)(NCc1ccc(F)cc1)c1cccc(NCc2ccc(F)cc2)n1. The van der Waals surface area contributed by atoms with Crippen molar-refractivity contribution in [1.82, 2.24) is 9.71 Å². The van der Waals surface area contributed by atoms with Crippen molar-refractivity contribution in [3.05, 3.63) is 89.5 Å². The van der Waals surface area contributed by atoms with Crippen LogP contribution in [0.25, 0.3) is 0 Å². The van der Waals surface area contributed by atoms with Gasteiger partial charge >= 0.3 is 0 Å². The number of hydrogen-bond donors (Lipinski definition) is 2. The average Bonchev–Trinajstić information content (AvgIpc) is 2.67. The average molecular weight is 389 g/mol. The number of sulfonamides is 1. The molecule has 0 spiro atoms. The maximum Gasteiger partial charge on any atom is 0.258 e. The van der Waals surface area contributed by atoms with Crippen molar-refractivity contribution in [2.75, 3.05) is 5.32 Å². The Balaban J connectivity index is 1.65. The molecule has 0 fully saturated rings. The van der Waals surface area contributed by atoms with Crippen LogP contribution in [0.5, 0.6) is 0 Å². The van der Waals surface area contributed by atoms with Crippen LogP contribution in [0.15, 0.2) is 71.8 Å². The number of rotatable bonds is 7. The van der Waals surface area contributed by atoms with E-state index in [1.54, 1.807) is 24.3 Å². The van der Waals surface area contributed by atoms with Crippen LogP contribution in [0.4, 0.5) is 14.6 Å². The highest BCUT2D eigenvalue weighted by Crippen LogP contribution is 2.13. The van der Waals surface area contributed by atoms with Gasteiger partial charge in [-0.05, 0) is 47.5 Å². The number of pyridine rings is 1. The van der Waals surface area contributed by atoms with E-state index in [1.807, 2.05) is 0 Å². The summed E-state index contributed by atoms with van der Waals surface area (Å²) >= 11 is 0. The summed E-state index contributed by atoms with van der Waals surface area (Å²) < 4.78 is 53.1. The number of anilines is 1. The van der Waals surface area contributed by atoms with Crippen LogP contribution in [0.3, 0.4) is 0 Å². The van der Waals surface area contributed by atoms with Crippen molar-refractivity contribution >= 4 is 15.8 Å². The van der Waals surface area contributed by atoms with Crippen LogP contribution in [0.1, 0.15) is 11.1 Å². The normalized spacial score (nSPS) is 11.3. The van der Waals surface area contributed by atoms with Crippen molar-refractivity contribution in [3.63, 3.8) is 0 Å². The summed E-state index contributed by atoms with van der Waals surface area (Å²) in [6, 6.07) is 16.1. The van der Waals surface area contributed by atoms with Gasteiger partial charge in [-0.25, -0.2) is 26.9 Å². The number of nitrogens with one attached hydrogen (secondary N) is 2. The maximum absolute atomic E-state index is 12.9. The second-order valence-corrected chi connectivity index (χ2v) is 7.51. The molecule has 1 aromatic heterocycles. The Morgan fingerprint density at radius 2 is 1.33 bits per heavy atom. The molecule has 5 nitrogen and oxygen atoms in total. The second-order valence-electron chi connectivity index (χ2n) is 5.79. The largest absolute Gasteiger partial charge is 0.366 e. The van der Waals surface area contributed by atoms with Gasteiger partial charge < -0.3 is 5.32 Å². The minimum Gasteiger partial charge on any atom is -0.366 e. The molecule has 0 aliphatic carbocycles. The van der Waals surface area contributed by atoms with Crippen LogP contribution < -0.4 is 10.0 Å². The molecule has 140 valence electrons. The Hall–Kier alpha value is -2.84. The highest BCUT2D eigenvalue weighted by molar-refractivity contribution is 7.89. The van der Waals surface area contributed by atoms with Gasteiger partial charge in [-0.1, -0.05) is 30.3 Å². The van der Waals surface area contributed by atoms with E-state index in [-0.39, 0.29) is 23.2 Å². The van der Waals surface area contributed by atoms with Crippen molar-refractivity contribution < 1.29 is 17.2 Å². The summed E-state index contributed by atoms with van der Waals surface area (Å²) in [6.07, 6.45) is 0. The van der Waals surface area contributed by atoms with Crippen molar-refractivity contribution in [2.24, 2.45) is 0 Å². The first-order valence-corrected chi connectivity index (χ1v) is 9.60. The van der Waals surface area contributed by atoms with Gasteiger partial charge in [-0.3, -0.25) is 0 Å². The smallest absolute Gasteiger partial charge is 0.258 e. The molecule has 0 saturated carbocycles. The lowest BCUT2D eigenvalue weighted by Crippen LogP contribution is -2.24. The standard InChI is InChI=1S/C19H17F2N3O2S/c20-16-8-4-14(5-9-16)12-22-18-2-1-3-19(24-18)27(25,26)23-13-15-6-10-17(21)11-7-15/h1-11,23H,12-13H2,(H,22,24). The molecule has 0 atom stereocenters. The molecule has 27 heavy (non-hydrogen) atoms. The van der Waals surface area contributed by atoms with E-state index in [4.69, 9.17) is 0 Å². The molecule has 3 rings (SSSR count). The van der Waals surface area contributed by atoms with Gasteiger partial charge in [0.05, 0.1) is 0 Å². The lowest BCUT2D eigenvalue weighted by atomic mass is 10.2. The lowest BCUT2D eigenvalue weighted by molar-refractivity contribution is 0.577. The lowest BCUT2D eigenvalue weighted by Gasteiger charge is -2.09. The zero-order valence-corrected chi connectivity index (χ0v) is 15.0. The molecule has 0 radical (unpaired) electrons. The van der Waals surface area contributed by atoms with Crippen LogP contribution in [0.2, 0.25) is 0 Å². The molecular formula is C19H17F2N3O2S. The van der Waals surface area contributed by atoms with E-state index in [2.05, 4.69) is 15.0 Å². The van der Waals surface area contributed by atoms with Crippen LogP contribution in [0, 0.1) is 11.6 Å². The zero-order chi connectivity index (χ0) is 19.3. The molecule has 3 aromatic rings. The number of hydrogen-bond acceptors (Lipinski definition) is 4. The molecule has 0 aliphatic heterocycles. The third-order valence-electron chi connectivity index (χ3n) is 3.77. The highest BCUT2D eigenvalue weighted by Gasteiger charge is 2.16. The fourth-order valence-electron chi connectivity index (χ4n) is 2.31. The van der Waals surface area contributed by atoms with Crippen molar-refractivity contribution in [1.29, 1.82) is 0 Å². The molecule has 2 N–H and O–H groups in total. The van der Waals surface area contributed by atoms with Gasteiger partial charge in [0, 0.05) is 13.1 Å². The van der Waals surface area contributed by atoms with Crippen molar-refractivity contribution in [3.8, 4) is 0 Å². The molecule has 0 unspecified atom stereocenters. The molecular weight excluding hydrogens is 372 g/mol. The number of aromatic nitrogens is 1. The van der Waals surface area contributed by atoms with E-state index >= 15 is 0 Å².